The van der Waals surface area contributed by atoms with E-state index in [9.17, 15) is 14.4 Å². The summed E-state index contributed by atoms with van der Waals surface area (Å²) in [5, 5.41) is 8.97. The molecule has 0 radical (unpaired) electrons. The summed E-state index contributed by atoms with van der Waals surface area (Å²) < 4.78 is 4.76. The van der Waals surface area contributed by atoms with Gasteiger partial charge in [-0.1, -0.05) is 30.3 Å². The third-order valence-corrected chi connectivity index (χ3v) is 3.24. The Morgan fingerprint density at radius 2 is 1.84 bits per heavy atom. The lowest BCUT2D eigenvalue weighted by molar-refractivity contribution is -0.139. The Morgan fingerprint density at radius 3 is 2.48 bits per heavy atom. The Bertz CT molecular complexity index is 616. The molecule has 0 unspecified atom stereocenters. The number of hydrogen-bond acceptors (Lipinski definition) is 5. The summed E-state index contributed by atoms with van der Waals surface area (Å²) in [5.74, 6) is -1.93. The van der Waals surface area contributed by atoms with Crippen LogP contribution in [0.25, 0.3) is 0 Å². The fraction of sp³-hybridized carbons (Fsp3) is 0.412. The summed E-state index contributed by atoms with van der Waals surface area (Å²) >= 11 is 0. The first kappa shape index (κ1) is 20.3. The van der Waals surface area contributed by atoms with Crippen LogP contribution in [0.5, 0.6) is 0 Å². The van der Waals surface area contributed by atoms with Crippen LogP contribution in [0.4, 0.5) is 0 Å². The zero-order valence-corrected chi connectivity index (χ0v) is 14.7. The minimum Gasteiger partial charge on any atom is -0.383 e. The van der Waals surface area contributed by atoms with Crippen molar-refractivity contribution in [2.24, 2.45) is 5.10 Å². The van der Waals surface area contributed by atoms with E-state index in [4.69, 9.17) is 4.74 Å². The summed E-state index contributed by atoms with van der Waals surface area (Å²) in [4.78, 5) is 34.9. The van der Waals surface area contributed by atoms with Crippen molar-refractivity contribution in [3.8, 4) is 0 Å². The van der Waals surface area contributed by atoms with Crippen LogP contribution in [0.1, 0.15) is 31.9 Å². The second kappa shape index (κ2) is 10.9. The summed E-state index contributed by atoms with van der Waals surface area (Å²) in [7, 11) is 1.49. The SMILES string of the molecule is COCCNC(=O)C(=O)N/N=C(/C)CC(=O)N[C@H](C)c1ccccc1. The zero-order valence-electron chi connectivity index (χ0n) is 14.7. The van der Waals surface area contributed by atoms with Crippen LogP contribution in [0, 0.1) is 0 Å². The molecule has 0 bridgehead atoms. The van der Waals surface area contributed by atoms with Gasteiger partial charge in [0.25, 0.3) is 0 Å². The number of carbonyl (C=O) groups is 3. The summed E-state index contributed by atoms with van der Waals surface area (Å²) in [6.45, 7) is 4.01. The van der Waals surface area contributed by atoms with Gasteiger partial charge in [-0.3, -0.25) is 14.4 Å². The summed E-state index contributed by atoms with van der Waals surface area (Å²) in [6, 6.07) is 9.42. The van der Waals surface area contributed by atoms with Crippen molar-refractivity contribution in [3.63, 3.8) is 0 Å². The fourth-order valence-corrected chi connectivity index (χ4v) is 1.93. The Hall–Kier alpha value is -2.74. The van der Waals surface area contributed by atoms with E-state index in [2.05, 4.69) is 21.2 Å². The highest BCUT2D eigenvalue weighted by molar-refractivity contribution is 6.35. The monoisotopic (exact) mass is 348 g/mol. The van der Waals surface area contributed by atoms with E-state index >= 15 is 0 Å². The van der Waals surface area contributed by atoms with Gasteiger partial charge in [0.05, 0.1) is 19.1 Å². The van der Waals surface area contributed by atoms with Crippen molar-refractivity contribution < 1.29 is 19.1 Å². The molecule has 0 heterocycles. The molecule has 0 spiro atoms. The van der Waals surface area contributed by atoms with E-state index in [1.54, 1.807) is 6.92 Å². The molecule has 136 valence electrons. The van der Waals surface area contributed by atoms with Crippen molar-refractivity contribution in [1.29, 1.82) is 0 Å². The van der Waals surface area contributed by atoms with Crippen LogP contribution in [0.2, 0.25) is 0 Å². The Labute approximate surface area is 147 Å². The number of ether oxygens (including phenoxy) is 1. The first-order chi connectivity index (χ1) is 11.9. The smallest absolute Gasteiger partial charge is 0.329 e. The van der Waals surface area contributed by atoms with Gasteiger partial charge in [-0.2, -0.15) is 5.10 Å². The molecule has 3 N–H and O–H groups in total. The van der Waals surface area contributed by atoms with Crippen LogP contribution in [0.3, 0.4) is 0 Å². The van der Waals surface area contributed by atoms with Crippen molar-refractivity contribution in [1.82, 2.24) is 16.1 Å². The number of benzene rings is 1. The second-order valence-corrected chi connectivity index (χ2v) is 5.41. The Morgan fingerprint density at radius 1 is 1.16 bits per heavy atom. The molecule has 1 aromatic carbocycles. The van der Waals surface area contributed by atoms with E-state index in [1.807, 2.05) is 37.3 Å². The van der Waals surface area contributed by atoms with E-state index in [-0.39, 0.29) is 24.9 Å². The molecule has 3 amide bonds. The molecule has 0 aliphatic heterocycles. The van der Waals surface area contributed by atoms with E-state index in [0.717, 1.165) is 5.56 Å². The first-order valence-electron chi connectivity index (χ1n) is 7.88. The normalized spacial score (nSPS) is 12.2. The summed E-state index contributed by atoms with van der Waals surface area (Å²) in [6.07, 6.45) is 0.0166. The Balaban J connectivity index is 2.40. The average molecular weight is 348 g/mol. The van der Waals surface area contributed by atoms with Gasteiger partial charge in [-0.25, -0.2) is 5.43 Å². The fourth-order valence-electron chi connectivity index (χ4n) is 1.93. The van der Waals surface area contributed by atoms with E-state index in [1.165, 1.54) is 7.11 Å². The van der Waals surface area contributed by atoms with Gasteiger partial charge < -0.3 is 15.4 Å². The first-order valence-corrected chi connectivity index (χ1v) is 7.88. The molecule has 0 fully saturated rings. The number of methoxy groups -OCH3 is 1. The maximum Gasteiger partial charge on any atom is 0.329 e. The maximum absolute atomic E-state index is 12.0. The number of amides is 3. The summed E-state index contributed by atoms with van der Waals surface area (Å²) in [5.41, 5.74) is 3.49. The van der Waals surface area contributed by atoms with Gasteiger partial charge in [0.1, 0.15) is 0 Å². The molecule has 8 heteroatoms. The van der Waals surface area contributed by atoms with Gasteiger partial charge in [0.15, 0.2) is 0 Å². The molecule has 0 aliphatic carbocycles. The van der Waals surface area contributed by atoms with Gasteiger partial charge in [-0.05, 0) is 19.4 Å². The van der Waals surface area contributed by atoms with Gasteiger partial charge >= 0.3 is 11.8 Å². The number of hydrazone groups is 1. The van der Waals surface area contributed by atoms with Crippen molar-refractivity contribution in [2.75, 3.05) is 20.3 Å². The van der Waals surface area contributed by atoms with Crippen LogP contribution >= 0.6 is 0 Å². The standard InChI is InChI=1S/C17H24N4O4/c1-12(20-21-17(24)16(23)18-9-10-25-3)11-15(22)19-13(2)14-7-5-4-6-8-14/h4-8,13H,9-11H2,1-3H3,(H,18,23)(H,19,22)(H,21,24)/b20-12-/t13-/m1/s1. The van der Waals surface area contributed by atoms with Crippen LogP contribution in [0.15, 0.2) is 35.4 Å². The zero-order chi connectivity index (χ0) is 18.7. The van der Waals surface area contributed by atoms with E-state index in [0.29, 0.717) is 12.3 Å². The third-order valence-electron chi connectivity index (χ3n) is 3.24. The average Bonchev–Trinajstić information content (AvgIpc) is 2.60. The molecule has 0 saturated heterocycles. The molecule has 8 nitrogen and oxygen atoms in total. The topological polar surface area (TPSA) is 109 Å². The lowest BCUT2D eigenvalue weighted by Crippen LogP contribution is -2.39. The van der Waals surface area contributed by atoms with Crippen LogP contribution in [-0.4, -0.2) is 43.7 Å². The second-order valence-electron chi connectivity index (χ2n) is 5.41. The van der Waals surface area contributed by atoms with Crippen LogP contribution in [-0.2, 0) is 19.1 Å². The number of rotatable bonds is 8. The molecular formula is C17H24N4O4. The molecule has 0 saturated carbocycles. The van der Waals surface area contributed by atoms with Gasteiger partial charge in [0, 0.05) is 19.4 Å². The highest BCUT2D eigenvalue weighted by Gasteiger charge is 2.13. The molecular weight excluding hydrogens is 324 g/mol. The highest BCUT2D eigenvalue weighted by atomic mass is 16.5. The highest BCUT2D eigenvalue weighted by Crippen LogP contribution is 2.11. The number of carbonyl (C=O) groups excluding carboxylic acids is 3. The lowest BCUT2D eigenvalue weighted by atomic mass is 10.1. The minimum absolute atomic E-state index is 0.0166. The Kier molecular flexibility index (Phi) is 8.87. The van der Waals surface area contributed by atoms with Crippen LogP contribution < -0.4 is 16.1 Å². The van der Waals surface area contributed by atoms with Crippen molar-refractivity contribution in [3.05, 3.63) is 35.9 Å². The van der Waals surface area contributed by atoms with Crippen molar-refractivity contribution in [2.45, 2.75) is 26.3 Å². The lowest BCUT2D eigenvalue weighted by Gasteiger charge is -2.14. The molecule has 1 atom stereocenters. The number of nitrogens with one attached hydrogen (secondary N) is 3. The van der Waals surface area contributed by atoms with Crippen molar-refractivity contribution >= 4 is 23.4 Å². The van der Waals surface area contributed by atoms with Gasteiger partial charge in [-0.15, -0.1) is 0 Å². The number of nitrogens with zero attached hydrogens (tertiary/aromatic N) is 1. The predicted octanol–water partition coefficient (Wildman–Crippen LogP) is 0.509. The molecule has 0 aliphatic rings. The molecule has 0 aromatic heterocycles. The van der Waals surface area contributed by atoms with Gasteiger partial charge in [0.2, 0.25) is 5.91 Å². The number of hydrogen-bond donors (Lipinski definition) is 3. The maximum atomic E-state index is 12.0. The van der Waals surface area contributed by atoms with E-state index < -0.39 is 11.8 Å². The molecule has 1 aromatic rings. The molecule has 25 heavy (non-hydrogen) atoms. The third kappa shape index (κ3) is 8.07. The largest absolute Gasteiger partial charge is 0.383 e. The predicted molar refractivity (Wildman–Crippen MR) is 93.8 cm³/mol. The quantitative estimate of drug-likeness (QED) is 0.275. The molecule has 1 rings (SSSR count). The minimum atomic E-state index is -0.895.